The van der Waals surface area contributed by atoms with Crippen molar-refractivity contribution in [2.24, 2.45) is 0 Å². The minimum Gasteiger partial charge on any atom is -0.480 e. The Labute approximate surface area is 228 Å². The minimum atomic E-state index is -1.13. The number of thioether (sulfide) groups is 1. The van der Waals surface area contributed by atoms with Gasteiger partial charge in [0.15, 0.2) is 0 Å². The molecule has 0 radical (unpaired) electrons. The van der Waals surface area contributed by atoms with Crippen molar-refractivity contribution in [2.75, 3.05) is 5.75 Å². The van der Waals surface area contributed by atoms with Crippen molar-refractivity contribution in [3.05, 3.63) is 106 Å². The lowest BCUT2D eigenvalue weighted by Gasteiger charge is -2.15. The highest BCUT2D eigenvalue weighted by Crippen LogP contribution is 2.34. The number of amides is 1. The number of furan rings is 1. The number of hydrogen-bond donors (Lipinski definition) is 2. The number of aryl methyl sites for hydroxylation is 2. The summed E-state index contributed by atoms with van der Waals surface area (Å²) >= 11 is 1.42. The fraction of sp³-hybridized carbons (Fsp3) is 0.194. The summed E-state index contributed by atoms with van der Waals surface area (Å²) in [7, 11) is 0. The predicted molar refractivity (Wildman–Crippen MR) is 153 cm³/mol. The first-order valence-corrected chi connectivity index (χ1v) is 13.6. The Kier molecular flexibility index (Phi) is 7.56. The van der Waals surface area contributed by atoms with Crippen LogP contribution in [0.2, 0.25) is 0 Å². The zero-order chi connectivity index (χ0) is 27.5. The topological polar surface area (TPSA) is 110 Å². The number of hydrogen-bond acceptors (Lipinski definition) is 6. The fourth-order valence-electron chi connectivity index (χ4n) is 4.52. The highest BCUT2D eigenvalue weighted by atomic mass is 32.2. The molecule has 0 spiro atoms. The van der Waals surface area contributed by atoms with E-state index in [0.717, 1.165) is 27.6 Å². The summed E-state index contributed by atoms with van der Waals surface area (Å²) in [5, 5.41) is 13.7. The van der Waals surface area contributed by atoms with Crippen LogP contribution >= 0.6 is 11.8 Å². The number of carbonyl (C=O) groups is 2. The highest BCUT2D eigenvalue weighted by molar-refractivity contribution is 7.98. The Bertz CT molecular complexity index is 1720. The second-order valence-corrected chi connectivity index (χ2v) is 10.5. The van der Waals surface area contributed by atoms with Gasteiger partial charge >= 0.3 is 11.6 Å². The molecule has 1 amide bonds. The molecule has 2 N–H and O–H groups in total. The van der Waals surface area contributed by atoms with Crippen LogP contribution in [0.5, 0.6) is 0 Å². The van der Waals surface area contributed by atoms with Crippen molar-refractivity contribution in [1.29, 1.82) is 0 Å². The van der Waals surface area contributed by atoms with Crippen molar-refractivity contribution < 1.29 is 23.5 Å². The smallest absolute Gasteiger partial charge is 0.340 e. The number of carbonyl (C=O) groups excluding carboxylic acids is 1. The first kappa shape index (κ1) is 26.3. The summed E-state index contributed by atoms with van der Waals surface area (Å²) in [4.78, 5) is 37.5. The SMILES string of the molecule is Cc1ccc(-c2coc3cc4oc(=O)c(CC(=O)NC(CSCc5ccccc5)C(=O)O)c(C)c4cc23)cc1. The van der Waals surface area contributed by atoms with Gasteiger partial charge in [-0.05, 0) is 36.6 Å². The lowest BCUT2D eigenvalue weighted by molar-refractivity contribution is -0.141. The molecule has 0 bridgehead atoms. The van der Waals surface area contributed by atoms with E-state index in [9.17, 15) is 19.5 Å². The van der Waals surface area contributed by atoms with Gasteiger partial charge in [0.1, 0.15) is 17.2 Å². The van der Waals surface area contributed by atoms with Gasteiger partial charge < -0.3 is 19.3 Å². The van der Waals surface area contributed by atoms with Gasteiger partial charge in [0, 0.05) is 33.9 Å². The average molecular weight is 542 g/mol. The van der Waals surface area contributed by atoms with Crippen molar-refractivity contribution in [3.63, 3.8) is 0 Å². The van der Waals surface area contributed by atoms with E-state index < -0.39 is 23.5 Å². The van der Waals surface area contributed by atoms with Crippen molar-refractivity contribution in [2.45, 2.75) is 32.1 Å². The van der Waals surface area contributed by atoms with Crippen LogP contribution in [-0.2, 0) is 21.8 Å². The molecule has 2 heterocycles. The van der Waals surface area contributed by atoms with E-state index in [1.165, 1.54) is 11.8 Å². The number of benzene rings is 3. The van der Waals surface area contributed by atoms with Gasteiger partial charge in [-0.15, -0.1) is 0 Å². The maximum Gasteiger partial charge on any atom is 0.340 e. The number of carboxylic acid groups (broad SMARTS) is 1. The van der Waals surface area contributed by atoms with E-state index in [1.807, 2.05) is 67.6 Å². The third-order valence-corrected chi connectivity index (χ3v) is 7.82. The van der Waals surface area contributed by atoms with E-state index in [2.05, 4.69) is 5.32 Å². The lowest BCUT2D eigenvalue weighted by atomic mass is 9.99. The van der Waals surface area contributed by atoms with Crippen LogP contribution in [0.4, 0.5) is 0 Å². The first-order valence-electron chi connectivity index (χ1n) is 12.5. The van der Waals surface area contributed by atoms with Crippen LogP contribution in [0.1, 0.15) is 22.3 Å². The molecule has 7 nitrogen and oxygen atoms in total. The Morgan fingerprint density at radius 1 is 0.974 bits per heavy atom. The number of nitrogens with one attached hydrogen (secondary N) is 1. The molecule has 5 rings (SSSR count). The summed E-state index contributed by atoms with van der Waals surface area (Å²) in [6, 6.07) is 20.3. The van der Waals surface area contributed by atoms with Gasteiger partial charge in [-0.25, -0.2) is 9.59 Å². The maximum absolute atomic E-state index is 12.9. The van der Waals surface area contributed by atoms with Crippen LogP contribution in [0.15, 0.2) is 86.6 Å². The molecular formula is C31H27NO6S. The van der Waals surface area contributed by atoms with Crippen LogP contribution < -0.4 is 10.9 Å². The monoisotopic (exact) mass is 541 g/mol. The summed E-state index contributed by atoms with van der Waals surface area (Å²) in [6.07, 6.45) is 1.39. The van der Waals surface area contributed by atoms with Gasteiger partial charge in [0.05, 0.1) is 18.2 Å². The number of fused-ring (bicyclic) bond motifs is 2. The minimum absolute atomic E-state index is 0.195. The van der Waals surface area contributed by atoms with Crippen molar-refractivity contribution in [1.82, 2.24) is 5.32 Å². The molecule has 3 aromatic carbocycles. The molecule has 39 heavy (non-hydrogen) atoms. The molecule has 5 aromatic rings. The Morgan fingerprint density at radius 2 is 1.72 bits per heavy atom. The third kappa shape index (κ3) is 5.76. The molecule has 0 aliphatic rings. The van der Waals surface area contributed by atoms with E-state index in [4.69, 9.17) is 8.83 Å². The van der Waals surface area contributed by atoms with Gasteiger partial charge in [0.2, 0.25) is 5.91 Å². The normalized spacial score (nSPS) is 12.1. The third-order valence-electron chi connectivity index (χ3n) is 6.71. The summed E-state index contributed by atoms with van der Waals surface area (Å²) in [5.41, 5.74) is 5.25. The van der Waals surface area contributed by atoms with Crippen LogP contribution in [0, 0.1) is 13.8 Å². The van der Waals surface area contributed by atoms with Gasteiger partial charge in [-0.2, -0.15) is 11.8 Å². The Morgan fingerprint density at radius 3 is 2.44 bits per heavy atom. The molecule has 198 valence electrons. The molecule has 0 aliphatic heterocycles. The Hall–Kier alpha value is -4.30. The molecule has 2 aromatic heterocycles. The quantitative estimate of drug-likeness (QED) is 0.225. The van der Waals surface area contributed by atoms with Crippen LogP contribution in [0.25, 0.3) is 33.1 Å². The fourth-order valence-corrected chi connectivity index (χ4v) is 5.53. The number of rotatable bonds is 9. The predicted octanol–water partition coefficient (Wildman–Crippen LogP) is 5.87. The second kappa shape index (κ2) is 11.2. The van der Waals surface area contributed by atoms with E-state index in [-0.39, 0.29) is 17.7 Å². The van der Waals surface area contributed by atoms with E-state index in [0.29, 0.717) is 27.9 Å². The molecule has 1 unspecified atom stereocenters. The molecule has 1 atom stereocenters. The van der Waals surface area contributed by atoms with Crippen molar-refractivity contribution >= 4 is 45.6 Å². The van der Waals surface area contributed by atoms with Gasteiger partial charge in [0.25, 0.3) is 0 Å². The number of aliphatic carboxylic acids is 1. The zero-order valence-corrected chi connectivity index (χ0v) is 22.3. The van der Waals surface area contributed by atoms with Gasteiger partial charge in [-0.3, -0.25) is 4.79 Å². The second-order valence-electron chi connectivity index (χ2n) is 9.49. The Balaban J connectivity index is 1.37. The average Bonchev–Trinajstić information content (AvgIpc) is 3.33. The molecule has 0 saturated carbocycles. The van der Waals surface area contributed by atoms with Crippen LogP contribution in [0.3, 0.4) is 0 Å². The molecule has 0 aliphatic carbocycles. The molecule has 0 fully saturated rings. The summed E-state index contributed by atoms with van der Waals surface area (Å²) in [5.74, 6) is -0.859. The van der Waals surface area contributed by atoms with E-state index in [1.54, 1.807) is 19.3 Å². The van der Waals surface area contributed by atoms with Gasteiger partial charge in [-0.1, -0.05) is 60.2 Å². The van der Waals surface area contributed by atoms with Crippen LogP contribution in [-0.4, -0.2) is 28.8 Å². The lowest BCUT2D eigenvalue weighted by Crippen LogP contribution is -2.43. The summed E-state index contributed by atoms with van der Waals surface area (Å²) in [6.45, 7) is 3.79. The molecule has 0 saturated heterocycles. The first-order chi connectivity index (χ1) is 18.8. The maximum atomic E-state index is 12.9. The standard InChI is InChI=1S/C31H27NO6S/c1-18-8-10-21(11-9-18)25-15-37-27-14-28-22(12-24(25)27)19(2)23(31(36)38-28)13-29(33)32-26(30(34)35)17-39-16-20-6-4-3-5-7-20/h3-12,14-15,26H,13,16-17H2,1-2H3,(H,32,33)(H,34,35). The highest BCUT2D eigenvalue weighted by Gasteiger charge is 2.23. The van der Waals surface area contributed by atoms with Crippen molar-refractivity contribution in [3.8, 4) is 11.1 Å². The van der Waals surface area contributed by atoms with E-state index >= 15 is 0 Å². The molecule has 8 heteroatoms. The largest absolute Gasteiger partial charge is 0.480 e. The summed E-state index contributed by atoms with van der Waals surface area (Å²) < 4.78 is 11.3. The zero-order valence-electron chi connectivity index (χ0n) is 21.5. The molecular weight excluding hydrogens is 514 g/mol. The number of carboxylic acids is 1.